The van der Waals surface area contributed by atoms with Crippen molar-refractivity contribution in [2.75, 3.05) is 11.1 Å². The molecule has 1 rings (SSSR count). The number of anilines is 2. The van der Waals surface area contributed by atoms with E-state index < -0.39 is 5.54 Å². The second kappa shape index (κ2) is 4.03. The predicted molar refractivity (Wildman–Crippen MR) is 63.9 cm³/mol. The van der Waals surface area contributed by atoms with Gasteiger partial charge >= 0.3 is 0 Å². The van der Waals surface area contributed by atoms with Crippen LogP contribution in [0.5, 0.6) is 0 Å². The van der Waals surface area contributed by atoms with Gasteiger partial charge in [-0.3, -0.25) is 9.48 Å². The maximum absolute atomic E-state index is 10.9. The topological polar surface area (TPSA) is 99.0 Å². The molecule has 90 valence electrons. The summed E-state index contributed by atoms with van der Waals surface area (Å²) in [5.74, 6) is 0.360. The molecule has 0 fully saturated rings. The molecular formula is C10H19N5O. The summed E-state index contributed by atoms with van der Waals surface area (Å²) in [6.07, 6.45) is 0.233. The minimum absolute atomic E-state index is 0.233. The molecule has 1 aromatic rings. The molecule has 0 aliphatic rings. The third-order valence-electron chi connectivity index (χ3n) is 2.34. The van der Waals surface area contributed by atoms with Crippen molar-refractivity contribution in [3.63, 3.8) is 0 Å². The first-order valence-electron chi connectivity index (χ1n) is 5.08. The van der Waals surface area contributed by atoms with Crippen LogP contribution < -0.4 is 16.8 Å². The number of hydrogen-bond donors (Lipinski definition) is 3. The number of nitrogens with two attached hydrogens (primary N) is 2. The van der Waals surface area contributed by atoms with Gasteiger partial charge < -0.3 is 16.8 Å². The van der Waals surface area contributed by atoms with Crippen molar-refractivity contribution in [1.82, 2.24) is 9.78 Å². The summed E-state index contributed by atoms with van der Waals surface area (Å²) < 4.78 is 1.66. The third kappa shape index (κ3) is 2.65. The number of aryl methyl sites for hydroxylation is 2. The lowest BCUT2D eigenvalue weighted by Gasteiger charge is -2.26. The molecule has 0 saturated carbocycles. The highest BCUT2D eigenvalue weighted by Crippen LogP contribution is 2.25. The van der Waals surface area contributed by atoms with E-state index in [0.29, 0.717) is 11.5 Å². The lowest BCUT2D eigenvalue weighted by molar-refractivity contribution is -0.118. The lowest BCUT2D eigenvalue weighted by atomic mass is 10.0. The number of primary amides is 1. The summed E-state index contributed by atoms with van der Waals surface area (Å²) in [6, 6.07) is 0. The Hall–Kier alpha value is -1.72. The van der Waals surface area contributed by atoms with E-state index in [1.54, 1.807) is 11.7 Å². The number of nitrogen functional groups attached to an aromatic ring is 1. The largest absolute Gasteiger partial charge is 0.394 e. The zero-order valence-corrected chi connectivity index (χ0v) is 10.2. The van der Waals surface area contributed by atoms with E-state index in [9.17, 15) is 4.79 Å². The molecule has 0 radical (unpaired) electrons. The fourth-order valence-electron chi connectivity index (χ4n) is 1.62. The maximum Gasteiger partial charge on any atom is 0.219 e. The average Bonchev–Trinajstić information content (AvgIpc) is 2.29. The molecule has 5 N–H and O–H groups in total. The standard InChI is InChI=1S/C10H19N5O/c1-6-8(12)9(15(4)14-6)13-10(2,3)5-7(11)16/h13H,5,12H2,1-4H3,(H2,11,16). The molecule has 0 aliphatic carbocycles. The fraction of sp³-hybridized carbons (Fsp3) is 0.600. The highest BCUT2D eigenvalue weighted by molar-refractivity contribution is 5.76. The molecular weight excluding hydrogens is 206 g/mol. The molecule has 0 spiro atoms. The van der Waals surface area contributed by atoms with Gasteiger partial charge in [-0.2, -0.15) is 5.10 Å². The third-order valence-corrected chi connectivity index (χ3v) is 2.34. The minimum atomic E-state index is -0.444. The van der Waals surface area contributed by atoms with E-state index in [0.717, 1.165) is 5.69 Å². The molecule has 6 nitrogen and oxygen atoms in total. The summed E-state index contributed by atoms with van der Waals surface area (Å²) >= 11 is 0. The van der Waals surface area contributed by atoms with Crippen LogP contribution in [-0.2, 0) is 11.8 Å². The van der Waals surface area contributed by atoms with Gasteiger partial charge in [0.25, 0.3) is 0 Å². The molecule has 1 aromatic heterocycles. The molecule has 16 heavy (non-hydrogen) atoms. The van der Waals surface area contributed by atoms with Crippen molar-refractivity contribution in [3.8, 4) is 0 Å². The number of carbonyl (C=O) groups is 1. The van der Waals surface area contributed by atoms with Crippen LogP contribution in [0, 0.1) is 6.92 Å². The van der Waals surface area contributed by atoms with Crippen LogP contribution in [0.3, 0.4) is 0 Å². The number of carbonyl (C=O) groups excluding carboxylic acids is 1. The summed E-state index contributed by atoms with van der Waals surface area (Å²) in [4.78, 5) is 10.9. The number of hydrogen-bond acceptors (Lipinski definition) is 4. The van der Waals surface area contributed by atoms with Crippen molar-refractivity contribution in [2.45, 2.75) is 32.7 Å². The van der Waals surface area contributed by atoms with Crippen LogP contribution in [0.15, 0.2) is 0 Å². The molecule has 1 amide bonds. The van der Waals surface area contributed by atoms with Crippen molar-refractivity contribution >= 4 is 17.4 Å². The van der Waals surface area contributed by atoms with Gasteiger partial charge in [0.1, 0.15) is 5.82 Å². The quantitative estimate of drug-likeness (QED) is 0.689. The minimum Gasteiger partial charge on any atom is -0.394 e. The Bertz CT molecular complexity index is 408. The van der Waals surface area contributed by atoms with E-state index in [-0.39, 0.29) is 12.3 Å². The van der Waals surface area contributed by atoms with Gasteiger partial charge in [0.05, 0.1) is 11.4 Å². The summed E-state index contributed by atoms with van der Waals surface area (Å²) in [5.41, 5.74) is 12.0. The average molecular weight is 225 g/mol. The Balaban J connectivity index is 2.91. The Morgan fingerprint density at radius 1 is 1.56 bits per heavy atom. The van der Waals surface area contributed by atoms with Crippen LogP contribution in [-0.4, -0.2) is 21.2 Å². The number of amides is 1. The van der Waals surface area contributed by atoms with E-state index in [4.69, 9.17) is 11.5 Å². The Kier molecular flexibility index (Phi) is 3.11. The van der Waals surface area contributed by atoms with E-state index in [2.05, 4.69) is 10.4 Å². The Morgan fingerprint density at radius 2 is 2.12 bits per heavy atom. The van der Waals surface area contributed by atoms with Crippen molar-refractivity contribution in [3.05, 3.63) is 5.69 Å². The molecule has 1 heterocycles. The summed E-state index contributed by atoms with van der Waals surface area (Å²) in [6.45, 7) is 5.61. The monoisotopic (exact) mass is 225 g/mol. The molecule has 0 bridgehead atoms. The maximum atomic E-state index is 10.9. The lowest BCUT2D eigenvalue weighted by Crippen LogP contribution is -2.36. The second-order valence-electron chi connectivity index (χ2n) is 4.62. The molecule has 0 aliphatic heterocycles. The van der Waals surface area contributed by atoms with Gasteiger partial charge in [-0.25, -0.2) is 0 Å². The second-order valence-corrected chi connectivity index (χ2v) is 4.62. The van der Waals surface area contributed by atoms with Gasteiger partial charge in [0, 0.05) is 19.0 Å². The smallest absolute Gasteiger partial charge is 0.219 e. The normalized spacial score (nSPS) is 11.5. The van der Waals surface area contributed by atoms with Gasteiger partial charge in [-0.05, 0) is 20.8 Å². The highest BCUT2D eigenvalue weighted by atomic mass is 16.1. The molecule has 0 aromatic carbocycles. The van der Waals surface area contributed by atoms with E-state index >= 15 is 0 Å². The molecule has 0 saturated heterocycles. The van der Waals surface area contributed by atoms with Crippen LogP contribution >= 0.6 is 0 Å². The number of nitrogens with zero attached hydrogens (tertiary/aromatic N) is 2. The van der Waals surface area contributed by atoms with Crippen LogP contribution in [0.1, 0.15) is 26.0 Å². The van der Waals surface area contributed by atoms with Crippen LogP contribution in [0.2, 0.25) is 0 Å². The summed E-state index contributed by atoms with van der Waals surface area (Å²) in [5, 5.41) is 7.37. The van der Waals surface area contributed by atoms with E-state index in [1.807, 2.05) is 20.8 Å². The number of rotatable bonds is 4. The van der Waals surface area contributed by atoms with Crippen LogP contribution in [0.25, 0.3) is 0 Å². The van der Waals surface area contributed by atoms with Gasteiger partial charge in [-0.1, -0.05) is 0 Å². The SMILES string of the molecule is Cc1nn(C)c(NC(C)(C)CC(N)=O)c1N. The number of nitrogens with one attached hydrogen (secondary N) is 1. The van der Waals surface area contributed by atoms with Gasteiger partial charge in [-0.15, -0.1) is 0 Å². The Morgan fingerprint density at radius 3 is 2.50 bits per heavy atom. The predicted octanol–water partition coefficient (Wildman–Crippen LogP) is 0.377. The Labute approximate surface area is 95.0 Å². The zero-order chi connectivity index (χ0) is 12.5. The summed E-state index contributed by atoms with van der Waals surface area (Å²) in [7, 11) is 1.80. The van der Waals surface area contributed by atoms with Crippen molar-refractivity contribution in [1.29, 1.82) is 0 Å². The van der Waals surface area contributed by atoms with Gasteiger partial charge in [0.15, 0.2) is 0 Å². The first-order valence-corrected chi connectivity index (χ1v) is 5.08. The molecule has 0 atom stereocenters. The zero-order valence-electron chi connectivity index (χ0n) is 10.2. The molecule has 6 heteroatoms. The first kappa shape index (κ1) is 12.4. The first-order chi connectivity index (χ1) is 7.23. The van der Waals surface area contributed by atoms with Crippen molar-refractivity contribution in [2.24, 2.45) is 12.8 Å². The highest BCUT2D eigenvalue weighted by Gasteiger charge is 2.23. The molecule has 0 unspecified atom stereocenters. The van der Waals surface area contributed by atoms with Crippen LogP contribution in [0.4, 0.5) is 11.5 Å². The van der Waals surface area contributed by atoms with E-state index in [1.165, 1.54) is 0 Å². The van der Waals surface area contributed by atoms with Gasteiger partial charge in [0.2, 0.25) is 5.91 Å². The number of aromatic nitrogens is 2. The fourth-order valence-corrected chi connectivity index (χ4v) is 1.62. The van der Waals surface area contributed by atoms with Crippen molar-refractivity contribution < 1.29 is 4.79 Å².